The number of nitrogens with zero attached hydrogens (tertiary/aromatic N) is 2. The molecule has 0 radical (unpaired) electrons. The minimum Gasteiger partial charge on any atom is -0.383 e. The van der Waals surface area contributed by atoms with Crippen molar-refractivity contribution in [3.8, 4) is 0 Å². The Kier molecular flexibility index (Phi) is 6.01. The monoisotopic (exact) mass is 345 g/mol. The van der Waals surface area contributed by atoms with Gasteiger partial charge < -0.3 is 15.2 Å². The summed E-state index contributed by atoms with van der Waals surface area (Å²) in [7, 11) is 1.69. The molecule has 2 N–H and O–H groups in total. The van der Waals surface area contributed by atoms with E-state index >= 15 is 0 Å². The highest BCUT2D eigenvalue weighted by molar-refractivity contribution is 9.10. The Morgan fingerprint density at radius 1 is 1.55 bits per heavy atom. The number of nitrogens with two attached hydrogens (primary N) is 1. The Morgan fingerprint density at radius 2 is 2.30 bits per heavy atom. The standard InChI is InChI=1S/C14H24BrN3O2/c1-3-20-11-6-10(7-11)8-13(16)14-12(15)9-17-18(14)4-5-19-2/h9-11,13H,3-8,16H2,1-2H3. The summed E-state index contributed by atoms with van der Waals surface area (Å²) in [6, 6.07) is 0.0105. The van der Waals surface area contributed by atoms with E-state index in [0.717, 1.165) is 42.6 Å². The molecule has 1 heterocycles. The Hall–Kier alpha value is -0.430. The van der Waals surface area contributed by atoms with Gasteiger partial charge in [-0.05, 0) is 48.0 Å². The highest BCUT2D eigenvalue weighted by Gasteiger charge is 2.32. The fraction of sp³-hybridized carbons (Fsp3) is 0.786. The molecule has 0 aliphatic heterocycles. The normalized spacial score (nSPS) is 23.6. The zero-order valence-electron chi connectivity index (χ0n) is 12.2. The fourth-order valence-corrected chi connectivity index (χ4v) is 3.40. The third kappa shape index (κ3) is 3.81. The molecule has 1 aromatic heterocycles. The summed E-state index contributed by atoms with van der Waals surface area (Å²) in [5.41, 5.74) is 7.44. The average molecular weight is 346 g/mol. The first-order chi connectivity index (χ1) is 9.65. The SMILES string of the molecule is CCOC1CC(CC(N)c2c(Br)cnn2CCOC)C1. The maximum absolute atomic E-state index is 6.37. The fourth-order valence-electron chi connectivity index (χ4n) is 2.81. The Bertz CT molecular complexity index is 419. The molecule has 6 heteroatoms. The smallest absolute Gasteiger partial charge is 0.0694 e. The number of halogens is 1. The van der Waals surface area contributed by atoms with Gasteiger partial charge in [-0.1, -0.05) is 0 Å². The van der Waals surface area contributed by atoms with Crippen LogP contribution in [0, 0.1) is 5.92 Å². The van der Waals surface area contributed by atoms with E-state index in [1.54, 1.807) is 7.11 Å². The zero-order valence-corrected chi connectivity index (χ0v) is 13.8. The van der Waals surface area contributed by atoms with Crippen molar-refractivity contribution in [3.63, 3.8) is 0 Å². The van der Waals surface area contributed by atoms with Gasteiger partial charge in [0.15, 0.2) is 0 Å². The van der Waals surface area contributed by atoms with Gasteiger partial charge in [0, 0.05) is 19.8 Å². The minimum atomic E-state index is 0.0105. The number of hydrogen-bond donors (Lipinski definition) is 1. The molecule has 114 valence electrons. The second-order valence-corrected chi connectivity index (χ2v) is 6.21. The van der Waals surface area contributed by atoms with Crippen LogP contribution in [0.15, 0.2) is 10.7 Å². The lowest BCUT2D eigenvalue weighted by molar-refractivity contribution is -0.0284. The number of ether oxygens (including phenoxy) is 2. The first-order valence-electron chi connectivity index (χ1n) is 7.23. The summed E-state index contributed by atoms with van der Waals surface area (Å²) >= 11 is 3.55. The van der Waals surface area contributed by atoms with E-state index in [0.29, 0.717) is 18.6 Å². The Morgan fingerprint density at radius 3 is 2.95 bits per heavy atom. The Labute approximate surface area is 128 Å². The molecule has 1 aromatic rings. The van der Waals surface area contributed by atoms with Crippen molar-refractivity contribution >= 4 is 15.9 Å². The van der Waals surface area contributed by atoms with E-state index in [4.69, 9.17) is 15.2 Å². The van der Waals surface area contributed by atoms with Crippen LogP contribution >= 0.6 is 15.9 Å². The lowest BCUT2D eigenvalue weighted by atomic mass is 9.78. The van der Waals surface area contributed by atoms with Crippen LogP contribution in [0.4, 0.5) is 0 Å². The molecule has 1 aliphatic rings. The van der Waals surface area contributed by atoms with Crippen molar-refractivity contribution < 1.29 is 9.47 Å². The number of hydrogen-bond acceptors (Lipinski definition) is 4. The highest BCUT2D eigenvalue weighted by Crippen LogP contribution is 2.37. The molecule has 1 aliphatic carbocycles. The first-order valence-corrected chi connectivity index (χ1v) is 8.02. The third-order valence-electron chi connectivity index (χ3n) is 3.87. The summed E-state index contributed by atoms with van der Waals surface area (Å²) in [5, 5.41) is 4.35. The summed E-state index contributed by atoms with van der Waals surface area (Å²) in [4.78, 5) is 0. The molecule has 0 spiro atoms. The van der Waals surface area contributed by atoms with Crippen molar-refractivity contribution in [2.24, 2.45) is 11.7 Å². The van der Waals surface area contributed by atoms with Gasteiger partial charge in [-0.3, -0.25) is 4.68 Å². The van der Waals surface area contributed by atoms with Gasteiger partial charge >= 0.3 is 0 Å². The molecular weight excluding hydrogens is 322 g/mol. The molecular formula is C14H24BrN3O2. The van der Waals surface area contributed by atoms with Crippen LogP contribution in [-0.2, 0) is 16.0 Å². The molecule has 0 bridgehead atoms. The van der Waals surface area contributed by atoms with Crippen LogP contribution in [0.2, 0.25) is 0 Å². The van der Waals surface area contributed by atoms with Crippen LogP contribution in [-0.4, -0.2) is 36.2 Å². The van der Waals surface area contributed by atoms with Gasteiger partial charge in [-0.25, -0.2) is 0 Å². The lowest BCUT2D eigenvalue weighted by Crippen LogP contribution is -2.34. The minimum absolute atomic E-state index is 0.0105. The third-order valence-corrected chi connectivity index (χ3v) is 4.48. The highest BCUT2D eigenvalue weighted by atomic mass is 79.9. The van der Waals surface area contributed by atoms with Gasteiger partial charge in [-0.2, -0.15) is 5.10 Å². The number of rotatable bonds is 8. The number of methoxy groups -OCH3 is 1. The van der Waals surface area contributed by atoms with Gasteiger partial charge in [0.2, 0.25) is 0 Å². The van der Waals surface area contributed by atoms with E-state index < -0.39 is 0 Å². The molecule has 5 nitrogen and oxygen atoms in total. The molecule has 1 saturated carbocycles. The maximum atomic E-state index is 6.37. The van der Waals surface area contributed by atoms with Gasteiger partial charge in [-0.15, -0.1) is 0 Å². The predicted octanol–water partition coefficient (Wildman–Crippen LogP) is 2.50. The van der Waals surface area contributed by atoms with Gasteiger partial charge in [0.1, 0.15) is 0 Å². The summed E-state index contributed by atoms with van der Waals surface area (Å²) < 4.78 is 13.6. The van der Waals surface area contributed by atoms with Crippen molar-refractivity contribution in [1.82, 2.24) is 9.78 Å². The summed E-state index contributed by atoms with van der Waals surface area (Å²) in [6.45, 7) is 4.23. The molecule has 20 heavy (non-hydrogen) atoms. The lowest BCUT2D eigenvalue weighted by Gasteiger charge is -2.36. The van der Waals surface area contributed by atoms with Crippen molar-refractivity contribution in [2.45, 2.75) is 44.9 Å². The topological polar surface area (TPSA) is 62.3 Å². The van der Waals surface area contributed by atoms with Gasteiger partial charge in [0.25, 0.3) is 0 Å². The predicted molar refractivity (Wildman–Crippen MR) is 81.5 cm³/mol. The molecule has 1 unspecified atom stereocenters. The second-order valence-electron chi connectivity index (χ2n) is 5.35. The van der Waals surface area contributed by atoms with Crippen molar-refractivity contribution in [3.05, 3.63) is 16.4 Å². The summed E-state index contributed by atoms with van der Waals surface area (Å²) in [5.74, 6) is 0.666. The molecule has 0 aromatic carbocycles. The van der Waals surface area contributed by atoms with Crippen LogP contribution in [0.25, 0.3) is 0 Å². The molecule has 2 rings (SSSR count). The van der Waals surface area contributed by atoms with Crippen molar-refractivity contribution in [1.29, 1.82) is 0 Å². The van der Waals surface area contributed by atoms with Crippen LogP contribution < -0.4 is 5.73 Å². The maximum Gasteiger partial charge on any atom is 0.0694 e. The van der Waals surface area contributed by atoms with Crippen LogP contribution in [0.1, 0.15) is 37.9 Å². The number of aromatic nitrogens is 2. The molecule has 1 fully saturated rings. The molecule has 0 saturated heterocycles. The Balaban J connectivity index is 1.89. The van der Waals surface area contributed by atoms with E-state index in [9.17, 15) is 0 Å². The second kappa shape index (κ2) is 7.54. The van der Waals surface area contributed by atoms with Crippen LogP contribution in [0.5, 0.6) is 0 Å². The first kappa shape index (κ1) is 15.9. The van der Waals surface area contributed by atoms with E-state index in [2.05, 4.69) is 21.0 Å². The van der Waals surface area contributed by atoms with Crippen LogP contribution in [0.3, 0.4) is 0 Å². The van der Waals surface area contributed by atoms with E-state index in [1.165, 1.54) is 0 Å². The quantitative estimate of drug-likeness (QED) is 0.786. The van der Waals surface area contributed by atoms with Crippen molar-refractivity contribution in [2.75, 3.05) is 20.3 Å². The zero-order chi connectivity index (χ0) is 14.5. The molecule has 0 amide bonds. The van der Waals surface area contributed by atoms with E-state index in [1.807, 2.05) is 17.8 Å². The largest absolute Gasteiger partial charge is 0.383 e. The molecule has 1 atom stereocenters. The average Bonchev–Trinajstić information content (AvgIpc) is 2.75. The van der Waals surface area contributed by atoms with E-state index in [-0.39, 0.29) is 6.04 Å². The summed E-state index contributed by atoms with van der Waals surface area (Å²) in [6.07, 6.45) is 5.51. The van der Waals surface area contributed by atoms with Gasteiger partial charge in [0.05, 0.1) is 35.6 Å².